The molecular weight excluding hydrogens is 444 g/mol. The summed E-state index contributed by atoms with van der Waals surface area (Å²) in [6.07, 6.45) is 1.69. The van der Waals surface area contributed by atoms with Gasteiger partial charge in [-0.1, -0.05) is 71.9 Å². The summed E-state index contributed by atoms with van der Waals surface area (Å²) in [5, 5.41) is 11.3. The van der Waals surface area contributed by atoms with E-state index in [0.29, 0.717) is 16.7 Å². The fourth-order valence-electron chi connectivity index (χ4n) is 3.30. The second-order valence-electron chi connectivity index (χ2n) is 7.22. The Morgan fingerprint density at radius 2 is 1.88 bits per heavy atom. The first-order valence-corrected chi connectivity index (χ1v) is 11.3. The van der Waals surface area contributed by atoms with Crippen molar-refractivity contribution in [3.05, 3.63) is 82.9 Å². The lowest BCUT2D eigenvalue weighted by Crippen LogP contribution is -2.32. The highest BCUT2D eigenvalue weighted by atomic mass is 35.5. The first kappa shape index (κ1) is 22.0. The van der Waals surface area contributed by atoms with Gasteiger partial charge in [0.15, 0.2) is 5.17 Å². The van der Waals surface area contributed by atoms with Gasteiger partial charge in [0.25, 0.3) is 5.91 Å². The molecule has 8 heteroatoms. The number of rotatable bonds is 6. The van der Waals surface area contributed by atoms with Gasteiger partial charge in [-0.3, -0.25) is 14.6 Å². The average Bonchev–Trinajstić information content (AvgIpc) is 3.11. The van der Waals surface area contributed by atoms with Crippen molar-refractivity contribution in [1.29, 1.82) is 0 Å². The number of thioether (sulfide) groups is 1. The summed E-state index contributed by atoms with van der Waals surface area (Å²) in [5.74, 6) is -0.462. The maximum atomic E-state index is 12.9. The normalized spacial score (nSPS) is 17.6. The Hall–Kier alpha value is -3.16. The largest absolute Gasteiger partial charge is 0.352 e. The molecular formula is C24H21ClN4O2S. The highest BCUT2D eigenvalue weighted by Gasteiger charge is 2.39. The lowest BCUT2D eigenvalue weighted by Gasteiger charge is -2.10. The van der Waals surface area contributed by atoms with Crippen LogP contribution in [0.25, 0.3) is 10.8 Å². The van der Waals surface area contributed by atoms with Gasteiger partial charge >= 0.3 is 0 Å². The van der Waals surface area contributed by atoms with E-state index >= 15 is 0 Å². The van der Waals surface area contributed by atoms with Crippen molar-refractivity contribution < 1.29 is 9.59 Å². The highest BCUT2D eigenvalue weighted by molar-refractivity contribution is 8.15. The van der Waals surface area contributed by atoms with E-state index in [2.05, 4.69) is 15.4 Å². The van der Waals surface area contributed by atoms with E-state index in [0.717, 1.165) is 21.9 Å². The number of carbonyl (C=O) groups is 2. The summed E-state index contributed by atoms with van der Waals surface area (Å²) in [6, 6.07) is 21.3. The van der Waals surface area contributed by atoms with Crippen LogP contribution in [0.5, 0.6) is 0 Å². The Labute approximate surface area is 195 Å². The first-order valence-electron chi connectivity index (χ1n) is 10.0. The van der Waals surface area contributed by atoms with Gasteiger partial charge < -0.3 is 5.32 Å². The van der Waals surface area contributed by atoms with Gasteiger partial charge in [-0.2, -0.15) is 10.1 Å². The molecule has 0 spiro atoms. The van der Waals surface area contributed by atoms with Crippen LogP contribution in [0.2, 0.25) is 5.02 Å². The minimum absolute atomic E-state index is 0.0537. The molecule has 1 aliphatic heterocycles. The lowest BCUT2D eigenvalue weighted by molar-refractivity contribution is -0.129. The number of nitrogens with zero attached hydrogens (tertiary/aromatic N) is 3. The Kier molecular flexibility index (Phi) is 6.87. The molecule has 0 bridgehead atoms. The van der Waals surface area contributed by atoms with Gasteiger partial charge in [-0.15, -0.1) is 0 Å². The van der Waals surface area contributed by atoms with Gasteiger partial charge in [0, 0.05) is 25.0 Å². The Morgan fingerprint density at radius 1 is 1.12 bits per heavy atom. The number of benzene rings is 3. The van der Waals surface area contributed by atoms with Crippen molar-refractivity contribution in [3.8, 4) is 0 Å². The number of nitrogens with one attached hydrogen (secondary N) is 1. The molecule has 6 nitrogen and oxygen atoms in total. The topological polar surface area (TPSA) is 74.1 Å². The maximum absolute atomic E-state index is 12.9. The second kappa shape index (κ2) is 9.97. The zero-order chi connectivity index (χ0) is 22.5. The van der Waals surface area contributed by atoms with E-state index in [-0.39, 0.29) is 18.2 Å². The van der Waals surface area contributed by atoms with Gasteiger partial charge in [-0.05, 0) is 40.1 Å². The average molecular weight is 465 g/mol. The van der Waals surface area contributed by atoms with Gasteiger partial charge in [-0.25, -0.2) is 0 Å². The van der Waals surface area contributed by atoms with Crippen LogP contribution in [-0.2, 0) is 16.1 Å². The molecule has 1 atom stereocenters. The molecule has 32 heavy (non-hydrogen) atoms. The molecule has 0 radical (unpaired) electrons. The Morgan fingerprint density at radius 3 is 2.62 bits per heavy atom. The predicted octanol–water partition coefficient (Wildman–Crippen LogP) is 4.46. The molecule has 0 saturated carbocycles. The van der Waals surface area contributed by atoms with Crippen molar-refractivity contribution in [3.63, 3.8) is 0 Å². The molecule has 0 aromatic heterocycles. The fraction of sp³-hybridized carbons (Fsp3) is 0.167. The summed E-state index contributed by atoms with van der Waals surface area (Å²) < 4.78 is 0. The summed E-state index contributed by atoms with van der Waals surface area (Å²) in [7, 11) is 1.61. The number of amidine groups is 1. The molecule has 1 N–H and O–H groups in total. The molecule has 1 saturated heterocycles. The van der Waals surface area contributed by atoms with E-state index in [1.54, 1.807) is 25.4 Å². The lowest BCUT2D eigenvalue weighted by atomic mass is 10.1. The minimum atomic E-state index is -0.562. The predicted molar refractivity (Wildman–Crippen MR) is 131 cm³/mol. The number of hydrazone groups is 1. The molecule has 3 aromatic carbocycles. The Balaban J connectivity index is 1.39. The Bertz CT molecular complexity index is 1210. The van der Waals surface area contributed by atoms with Crippen LogP contribution in [0, 0.1) is 0 Å². The number of hydrogen-bond donors (Lipinski definition) is 1. The van der Waals surface area contributed by atoms with Gasteiger partial charge in [0.05, 0.1) is 6.21 Å². The van der Waals surface area contributed by atoms with Crippen molar-refractivity contribution in [2.45, 2.75) is 18.2 Å². The summed E-state index contributed by atoms with van der Waals surface area (Å²) in [6.45, 7) is 0.375. The highest BCUT2D eigenvalue weighted by Crippen LogP contribution is 2.29. The zero-order valence-corrected chi connectivity index (χ0v) is 18.9. The van der Waals surface area contributed by atoms with E-state index in [1.165, 1.54) is 16.8 Å². The summed E-state index contributed by atoms with van der Waals surface area (Å²) in [5.41, 5.74) is 1.81. The van der Waals surface area contributed by atoms with Crippen LogP contribution in [0.1, 0.15) is 17.5 Å². The number of aliphatic imine (C=N–C) groups is 1. The molecule has 1 heterocycles. The van der Waals surface area contributed by atoms with Crippen LogP contribution in [-0.4, -0.2) is 40.5 Å². The molecule has 0 aliphatic carbocycles. The molecule has 3 aromatic rings. The monoisotopic (exact) mass is 464 g/mol. The van der Waals surface area contributed by atoms with Crippen LogP contribution in [0.3, 0.4) is 0 Å². The molecule has 1 unspecified atom stereocenters. The smallest absolute Gasteiger partial charge is 0.263 e. The van der Waals surface area contributed by atoms with E-state index in [4.69, 9.17) is 11.6 Å². The first-order chi connectivity index (χ1) is 15.5. The molecule has 1 fully saturated rings. The molecule has 4 rings (SSSR count). The summed E-state index contributed by atoms with van der Waals surface area (Å²) >= 11 is 7.13. The van der Waals surface area contributed by atoms with Crippen LogP contribution in [0.15, 0.2) is 76.8 Å². The van der Waals surface area contributed by atoms with Gasteiger partial charge in [0.2, 0.25) is 5.91 Å². The third kappa shape index (κ3) is 5.18. The van der Waals surface area contributed by atoms with Crippen molar-refractivity contribution >= 4 is 57.3 Å². The van der Waals surface area contributed by atoms with Gasteiger partial charge in [0.1, 0.15) is 5.25 Å². The third-order valence-electron chi connectivity index (χ3n) is 4.97. The quantitative estimate of drug-likeness (QED) is 0.547. The SMILES string of the molecule is CN=C1SC(CC(=O)NCc2ccc(Cl)cc2)C(=O)N1/N=C/c1ccc2ccccc2c1. The van der Waals surface area contributed by atoms with Crippen LogP contribution >= 0.6 is 23.4 Å². The molecule has 162 valence electrons. The number of carbonyl (C=O) groups excluding carboxylic acids is 2. The van der Waals surface area contributed by atoms with E-state index < -0.39 is 5.25 Å². The van der Waals surface area contributed by atoms with Crippen LogP contribution < -0.4 is 5.32 Å². The number of fused-ring (bicyclic) bond motifs is 1. The number of hydrogen-bond acceptors (Lipinski definition) is 5. The van der Waals surface area contributed by atoms with E-state index in [1.807, 2.05) is 54.6 Å². The van der Waals surface area contributed by atoms with Crippen molar-refractivity contribution in [2.24, 2.45) is 10.1 Å². The number of amides is 2. The maximum Gasteiger partial charge on any atom is 0.263 e. The fourth-order valence-corrected chi connectivity index (χ4v) is 4.46. The summed E-state index contributed by atoms with van der Waals surface area (Å²) in [4.78, 5) is 29.4. The standard InChI is InChI=1S/C24H21ClN4O2S/c1-26-24-29(28-15-17-6-9-18-4-2-3-5-19(18)12-17)23(31)21(32-24)13-22(30)27-14-16-7-10-20(25)11-8-16/h2-12,15,21H,13-14H2,1H3,(H,27,30)/b26-24?,28-15+. The zero-order valence-electron chi connectivity index (χ0n) is 17.4. The second-order valence-corrected chi connectivity index (χ2v) is 8.83. The van der Waals surface area contributed by atoms with Crippen molar-refractivity contribution in [1.82, 2.24) is 10.3 Å². The van der Waals surface area contributed by atoms with Crippen LogP contribution in [0.4, 0.5) is 0 Å². The minimum Gasteiger partial charge on any atom is -0.352 e. The third-order valence-corrected chi connectivity index (χ3v) is 6.44. The molecule has 1 aliphatic rings. The van der Waals surface area contributed by atoms with Crippen molar-refractivity contribution in [2.75, 3.05) is 7.05 Å². The van der Waals surface area contributed by atoms with E-state index in [9.17, 15) is 9.59 Å². The number of halogens is 1. The molecule has 2 amide bonds.